The average molecular weight is 398 g/mol. The fraction of sp³-hybridized carbons (Fsp3) is 0.842. The fourth-order valence-corrected chi connectivity index (χ4v) is 5.64. The van der Waals surface area contributed by atoms with Crippen LogP contribution in [-0.4, -0.2) is 28.8 Å². The Kier molecular flexibility index (Phi) is 4.22. The van der Waals surface area contributed by atoms with Crippen LogP contribution in [0.2, 0.25) is 0 Å². The highest BCUT2D eigenvalue weighted by molar-refractivity contribution is 5.88. The number of carbonyl (C=O) groups is 1. The summed E-state index contributed by atoms with van der Waals surface area (Å²) in [4.78, 5) is 12.5. The second-order valence-corrected chi connectivity index (χ2v) is 8.90. The molecule has 3 atom stereocenters. The summed E-state index contributed by atoms with van der Waals surface area (Å²) in [6.07, 6.45) is -7.89. The number of allylic oxidation sites excluding steroid dienone is 2. The van der Waals surface area contributed by atoms with Crippen LogP contribution < -0.4 is 0 Å². The zero-order valence-corrected chi connectivity index (χ0v) is 15.5. The Balaban J connectivity index is 2.06. The zero-order valence-electron chi connectivity index (χ0n) is 15.5. The van der Waals surface area contributed by atoms with Crippen LogP contribution in [0.15, 0.2) is 11.6 Å². The zero-order chi connectivity index (χ0) is 20.7. The van der Waals surface area contributed by atoms with Gasteiger partial charge in [-0.05, 0) is 37.5 Å². The SMILES string of the molecule is CC(C1(C2=CC[C@@]3(C)C(=O)CCC[C@]23C)CC1)C(O)(C(F)(F)F)C(F)(F)F. The van der Waals surface area contributed by atoms with Crippen molar-refractivity contribution in [2.24, 2.45) is 22.2 Å². The number of Topliss-reactive ketones (excluding diaryl/α,β-unsaturated/α-hetero) is 1. The minimum absolute atomic E-state index is 0.00728. The lowest BCUT2D eigenvalue weighted by molar-refractivity contribution is -0.388. The lowest BCUT2D eigenvalue weighted by atomic mass is 9.53. The minimum Gasteiger partial charge on any atom is -0.373 e. The number of fused-ring (bicyclic) bond motifs is 1. The first-order valence-corrected chi connectivity index (χ1v) is 9.18. The molecule has 154 valence electrons. The molecule has 2 fully saturated rings. The van der Waals surface area contributed by atoms with Crippen molar-refractivity contribution in [1.82, 2.24) is 0 Å². The number of rotatable bonds is 3. The van der Waals surface area contributed by atoms with Gasteiger partial charge in [0.2, 0.25) is 0 Å². The number of ketones is 1. The topological polar surface area (TPSA) is 37.3 Å². The molecule has 3 aliphatic rings. The molecule has 3 aliphatic carbocycles. The van der Waals surface area contributed by atoms with Crippen molar-refractivity contribution in [3.05, 3.63) is 11.6 Å². The maximum absolute atomic E-state index is 13.4. The molecular formula is C19H24F6O2. The van der Waals surface area contributed by atoms with E-state index in [4.69, 9.17) is 0 Å². The van der Waals surface area contributed by atoms with E-state index in [0.29, 0.717) is 31.3 Å². The van der Waals surface area contributed by atoms with Crippen LogP contribution in [-0.2, 0) is 4.79 Å². The average Bonchev–Trinajstić information content (AvgIpc) is 3.25. The van der Waals surface area contributed by atoms with Crippen LogP contribution >= 0.6 is 0 Å². The molecule has 0 heterocycles. The van der Waals surface area contributed by atoms with Gasteiger partial charge in [-0.25, -0.2) is 0 Å². The molecule has 2 nitrogen and oxygen atoms in total. The van der Waals surface area contributed by atoms with Crippen molar-refractivity contribution < 1.29 is 36.2 Å². The summed E-state index contributed by atoms with van der Waals surface area (Å²) >= 11 is 0. The third-order valence-corrected chi connectivity index (χ3v) is 7.87. The smallest absolute Gasteiger partial charge is 0.373 e. The molecule has 0 bridgehead atoms. The van der Waals surface area contributed by atoms with Gasteiger partial charge in [0, 0.05) is 23.2 Å². The van der Waals surface area contributed by atoms with E-state index in [1.807, 2.05) is 0 Å². The molecule has 0 radical (unpaired) electrons. The maximum Gasteiger partial charge on any atom is 0.426 e. The van der Waals surface area contributed by atoms with Gasteiger partial charge in [-0.2, -0.15) is 26.3 Å². The van der Waals surface area contributed by atoms with Crippen LogP contribution in [0.4, 0.5) is 26.3 Å². The molecule has 0 amide bonds. The predicted octanol–water partition coefficient (Wildman–Crippen LogP) is 5.35. The first kappa shape index (κ1) is 20.7. The highest BCUT2D eigenvalue weighted by atomic mass is 19.4. The van der Waals surface area contributed by atoms with E-state index in [-0.39, 0.29) is 18.6 Å². The van der Waals surface area contributed by atoms with Crippen molar-refractivity contribution in [2.75, 3.05) is 0 Å². The van der Waals surface area contributed by atoms with Gasteiger partial charge in [0.15, 0.2) is 0 Å². The molecule has 2 saturated carbocycles. The molecular weight excluding hydrogens is 374 g/mol. The number of hydrogen-bond acceptors (Lipinski definition) is 2. The Labute approximate surface area is 154 Å². The summed E-state index contributed by atoms with van der Waals surface area (Å²) in [5.74, 6) is -2.08. The van der Waals surface area contributed by atoms with E-state index in [2.05, 4.69) is 0 Å². The Bertz CT molecular complexity index is 673. The summed E-state index contributed by atoms with van der Waals surface area (Å²) < 4.78 is 80.5. The van der Waals surface area contributed by atoms with Gasteiger partial charge >= 0.3 is 12.4 Å². The van der Waals surface area contributed by atoms with Crippen molar-refractivity contribution >= 4 is 5.78 Å². The summed E-state index contributed by atoms with van der Waals surface area (Å²) in [5.41, 5.74) is -7.24. The summed E-state index contributed by atoms with van der Waals surface area (Å²) in [6, 6.07) is 0. The molecule has 3 rings (SSSR count). The van der Waals surface area contributed by atoms with Gasteiger partial charge in [0.1, 0.15) is 5.78 Å². The van der Waals surface area contributed by atoms with E-state index in [1.54, 1.807) is 19.9 Å². The van der Waals surface area contributed by atoms with Crippen molar-refractivity contribution in [3.63, 3.8) is 0 Å². The second-order valence-electron chi connectivity index (χ2n) is 8.90. The molecule has 27 heavy (non-hydrogen) atoms. The summed E-state index contributed by atoms with van der Waals surface area (Å²) in [5, 5.41) is 9.94. The van der Waals surface area contributed by atoms with Gasteiger partial charge in [0.25, 0.3) is 5.60 Å². The summed E-state index contributed by atoms with van der Waals surface area (Å²) in [7, 11) is 0. The van der Waals surface area contributed by atoms with Gasteiger partial charge in [-0.3, -0.25) is 4.79 Å². The van der Waals surface area contributed by atoms with Crippen LogP contribution in [0, 0.1) is 22.2 Å². The number of carbonyl (C=O) groups excluding carboxylic acids is 1. The number of aliphatic hydroxyl groups is 1. The molecule has 0 aromatic heterocycles. The van der Waals surface area contributed by atoms with Crippen molar-refractivity contribution in [3.8, 4) is 0 Å². The minimum atomic E-state index is -5.84. The molecule has 1 N–H and O–H groups in total. The number of alkyl halides is 6. The Morgan fingerprint density at radius 1 is 1.00 bits per heavy atom. The Hall–Kier alpha value is -1.05. The van der Waals surface area contributed by atoms with Crippen molar-refractivity contribution in [2.45, 2.75) is 77.2 Å². The molecule has 0 aromatic carbocycles. The molecule has 1 unspecified atom stereocenters. The van der Waals surface area contributed by atoms with Gasteiger partial charge in [-0.15, -0.1) is 0 Å². The maximum atomic E-state index is 13.4. The lowest BCUT2D eigenvalue weighted by Gasteiger charge is -2.50. The van der Waals surface area contributed by atoms with Crippen LogP contribution in [0.1, 0.15) is 59.3 Å². The standard InChI is InChI=1S/C19H24F6O2/c1-11(17(27,18(20,21)22)19(23,24)25)16(9-10-16)12-6-8-15(3)13(26)5-4-7-14(12,15)2/h6,11,27H,4-5,7-10H2,1-3H3/t11?,14-,15+/m1/s1. The van der Waals surface area contributed by atoms with Gasteiger partial charge in [0.05, 0.1) is 0 Å². The van der Waals surface area contributed by atoms with Gasteiger partial charge in [-0.1, -0.05) is 32.4 Å². The highest BCUT2D eigenvalue weighted by Crippen LogP contribution is 2.73. The largest absolute Gasteiger partial charge is 0.426 e. The van der Waals surface area contributed by atoms with Crippen molar-refractivity contribution in [1.29, 1.82) is 0 Å². The monoisotopic (exact) mass is 398 g/mol. The van der Waals surface area contributed by atoms with Crippen LogP contribution in [0.25, 0.3) is 0 Å². The molecule has 0 spiro atoms. The second kappa shape index (κ2) is 5.51. The number of halogens is 6. The van der Waals surface area contributed by atoms with E-state index >= 15 is 0 Å². The normalized spacial score (nSPS) is 34.9. The first-order chi connectivity index (χ1) is 12.1. The van der Waals surface area contributed by atoms with E-state index in [0.717, 1.165) is 6.92 Å². The highest BCUT2D eigenvalue weighted by Gasteiger charge is 2.78. The Morgan fingerprint density at radius 2 is 1.52 bits per heavy atom. The Morgan fingerprint density at radius 3 is 1.96 bits per heavy atom. The van der Waals surface area contributed by atoms with Crippen LogP contribution in [0.5, 0.6) is 0 Å². The molecule has 0 saturated heterocycles. The summed E-state index contributed by atoms with van der Waals surface area (Å²) in [6.45, 7) is 4.40. The fourth-order valence-electron chi connectivity index (χ4n) is 5.64. The third-order valence-electron chi connectivity index (χ3n) is 7.87. The van der Waals surface area contributed by atoms with Crippen LogP contribution in [0.3, 0.4) is 0 Å². The lowest BCUT2D eigenvalue weighted by Crippen LogP contribution is -2.63. The molecule has 8 heteroatoms. The van der Waals surface area contributed by atoms with E-state index in [1.165, 1.54) is 0 Å². The molecule has 0 aromatic rings. The third kappa shape index (κ3) is 2.40. The van der Waals surface area contributed by atoms with Gasteiger partial charge < -0.3 is 5.11 Å². The predicted molar refractivity (Wildman–Crippen MR) is 85.7 cm³/mol. The van der Waals surface area contributed by atoms with E-state index < -0.39 is 40.1 Å². The quantitative estimate of drug-likeness (QED) is 0.514. The number of hydrogen-bond donors (Lipinski definition) is 1. The van der Waals surface area contributed by atoms with E-state index in [9.17, 15) is 36.2 Å². The molecule has 0 aliphatic heterocycles. The first-order valence-electron chi connectivity index (χ1n) is 9.18.